The molecule has 2 heterocycles. The average Bonchev–Trinajstić information content (AvgIpc) is 3.18. The maximum atomic E-state index is 13.9. The molecule has 0 aliphatic carbocycles. The molecule has 1 N–H and O–H groups in total. The molecule has 0 saturated carbocycles. The zero-order valence-corrected chi connectivity index (χ0v) is 16.1. The average molecular weight is 415 g/mol. The van der Waals surface area contributed by atoms with Crippen LogP contribution in [0.5, 0.6) is 0 Å². The highest BCUT2D eigenvalue weighted by atomic mass is 32.2. The van der Waals surface area contributed by atoms with Gasteiger partial charge >= 0.3 is 0 Å². The first-order valence-electron chi connectivity index (χ1n) is 9.10. The summed E-state index contributed by atoms with van der Waals surface area (Å²) in [5.74, 6) is -3.09. The fraction of sp³-hybridized carbons (Fsp3) is 0.238. The van der Waals surface area contributed by atoms with Gasteiger partial charge in [-0.1, -0.05) is 42.5 Å². The van der Waals surface area contributed by atoms with E-state index in [2.05, 4.69) is 0 Å². The first-order valence-corrected chi connectivity index (χ1v) is 10.9. The highest BCUT2D eigenvalue weighted by molar-refractivity contribution is 7.91. The Morgan fingerprint density at radius 1 is 1.07 bits per heavy atom. The van der Waals surface area contributed by atoms with Gasteiger partial charge in [-0.2, -0.15) is 0 Å². The van der Waals surface area contributed by atoms with E-state index >= 15 is 0 Å². The van der Waals surface area contributed by atoms with Crippen LogP contribution in [-0.4, -0.2) is 47.7 Å². The van der Waals surface area contributed by atoms with Gasteiger partial charge in [0.1, 0.15) is 11.6 Å². The molecule has 2 aromatic rings. The van der Waals surface area contributed by atoms with Crippen LogP contribution in [0.2, 0.25) is 0 Å². The van der Waals surface area contributed by atoms with Crippen LogP contribution in [0, 0.1) is 5.82 Å². The Morgan fingerprint density at radius 2 is 1.79 bits per heavy atom. The Morgan fingerprint density at radius 3 is 2.41 bits per heavy atom. The zero-order chi connectivity index (χ0) is 20.8. The van der Waals surface area contributed by atoms with Gasteiger partial charge in [-0.3, -0.25) is 9.59 Å². The number of benzene rings is 2. The van der Waals surface area contributed by atoms with Crippen LogP contribution in [0.25, 0.3) is 5.76 Å². The van der Waals surface area contributed by atoms with Crippen molar-refractivity contribution in [1.82, 2.24) is 4.90 Å². The first-order chi connectivity index (χ1) is 13.8. The molecule has 6 nitrogen and oxygen atoms in total. The summed E-state index contributed by atoms with van der Waals surface area (Å²) < 4.78 is 37.9. The maximum absolute atomic E-state index is 13.9. The molecule has 4 rings (SSSR count). The highest BCUT2D eigenvalue weighted by Crippen LogP contribution is 2.42. The van der Waals surface area contributed by atoms with Crippen LogP contribution in [0.3, 0.4) is 0 Å². The second-order valence-corrected chi connectivity index (χ2v) is 9.41. The van der Waals surface area contributed by atoms with Gasteiger partial charge in [0.05, 0.1) is 23.1 Å². The third-order valence-electron chi connectivity index (χ3n) is 5.29. The Kier molecular flexibility index (Phi) is 4.74. The van der Waals surface area contributed by atoms with Crippen LogP contribution in [0.4, 0.5) is 4.39 Å². The summed E-state index contributed by atoms with van der Waals surface area (Å²) in [5.41, 5.74) is 0.466. The van der Waals surface area contributed by atoms with Crippen molar-refractivity contribution in [3.63, 3.8) is 0 Å². The number of hydrogen-bond acceptors (Lipinski definition) is 5. The molecule has 2 saturated heterocycles. The van der Waals surface area contributed by atoms with Gasteiger partial charge in [0.25, 0.3) is 11.7 Å². The summed E-state index contributed by atoms with van der Waals surface area (Å²) in [6.07, 6.45) is 0.187. The molecule has 2 aliphatic heterocycles. The summed E-state index contributed by atoms with van der Waals surface area (Å²) in [6, 6.07) is 11.9. The number of ketones is 1. The van der Waals surface area contributed by atoms with Crippen molar-refractivity contribution in [2.45, 2.75) is 18.5 Å². The molecule has 29 heavy (non-hydrogen) atoms. The molecule has 8 heteroatoms. The predicted octanol–water partition coefficient (Wildman–Crippen LogP) is 2.43. The van der Waals surface area contributed by atoms with Crippen LogP contribution in [0.1, 0.15) is 23.6 Å². The first kappa shape index (κ1) is 19.3. The second kappa shape index (κ2) is 7.11. The van der Waals surface area contributed by atoms with E-state index in [0.29, 0.717) is 11.1 Å². The number of Topliss-reactive ketones (excluding diaryl/α,β-unsaturated/α-hetero) is 1. The normalized spacial score (nSPS) is 25.5. The van der Waals surface area contributed by atoms with E-state index < -0.39 is 39.4 Å². The molecular formula is C21H18FNO5S. The molecule has 0 spiro atoms. The lowest BCUT2D eigenvalue weighted by molar-refractivity contribution is -0.141. The van der Waals surface area contributed by atoms with E-state index in [1.165, 1.54) is 23.1 Å². The second-order valence-electron chi connectivity index (χ2n) is 7.18. The third-order valence-corrected chi connectivity index (χ3v) is 7.04. The van der Waals surface area contributed by atoms with Crippen molar-refractivity contribution >= 4 is 27.3 Å². The van der Waals surface area contributed by atoms with Gasteiger partial charge in [0, 0.05) is 11.6 Å². The number of nitrogens with zero attached hydrogens (tertiary/aromatic N) is 1. The van der Waals surface area contributed by atoms with Crippen LogP contribution in [-0.2, 0) is 19.4 Å². The molecule has 0 aromatic heterocycles. The molecule has 0 radical (unpaired) electrons. The van der Waals surface area contributed by atoms with Crippen LogP contribution in [0.15, 0.2) is 60.2 Å². The van der Waals surface area contributed by atoms with Crippen molar-refractivity contribution in [1.29, 1.82) is 0 Å². The summed E-state index contributed by atoms with van der Waals surface area (Å²) in [6.45, 7) is 0. The Labute approximate surface area is 167 Å². The quantitative estimate of drug-likeness (QED) is 0.472. The molecule has 2 aliphatic rings. The fourth-order valence-electron chi connectivity index (χ4n) is 3.98. The fourth-order valence-corrected chi connectivity index (χ4v) is 5.69. The lowest BCUT2D eigenvalue weighted by Gasteiger charge is -2.30. The van der Waals surface area contributed by atoms with E-state index in [9.17, 15) is 27.5 Å². The van der Waals surface area contributed by atoms with E-state index in [1.807, 2.05) is 0 Å². The summed E-state index contributed by atoms with van der Waals surface area (Å²) >= 11 is 0. The van der Waals surface area contributed by atoms with Gasteiger partial charge in [0.15, 0.2) is 9.84 Å². The van der Waals surface area contributed by atoms with E-state index in [0.717, 1.165) is 0 Å². The summed E-state index contributed by atoms with van der Waals surface area (Å²) in [7, 11) is -3.34. The van der Waals surface area contributed by atoms with Crippen LogP contribution < -0.4 is 0 Å². The largest absolute Gasteiger partial charge is 0.507 e. The molecule has 0 unspecified atom stereocenters. The third kappa shape index (κ3) is 3.44. The van der Waals surface area contributed by atoms with Crippen molar-refractivity contribution in [2.75, 3.05) is 11.5 Å². The van der Waals surface area contributed by atoms with Gasteiger partial charge in [-0.15, -0.1) is 0 Å². The smallest absolute Gasteiger partial charge is 0.295 e. The number of carbonyl (C=O) groups excluding carboxylic acids is 2. The van der Waals surface area contributed by atoms with E-state index in [4.69, 9.17) is 0 Å². The minimum Gasteiger partial charge on any atom is -0.507 e. The Hall–Kier alpha value is -3.00. The van der Waals surface area contributed by atoms with Gasteiger partial charge < -0.3 is 10.0 Å². The molecule has 0 bridgehead atoms. The van der Waals surface area contributed by atoms with Crippen molar-refractivity contribution in [3.8, 4) is 0 Å². The SMILES string of the molecule is O=C1C(=O)N([C@H]2CCS(=O)(=O)C2)[C@@H](c2cccc(F)c2)C1=C(O)c1ccccc1. The van der Waals surface area contributed by atoms with Crippen molar-refractivity contribution in [2.24, 2.45) is 0 Å². The Balaban J connectivity index is 1.90. The van der Waals surface area contributed by atoms with Gasteiger partial charge in [0.2, 0.25) is 0 Å². The topological polar surface area (TPSA) is 91.8 Å². The standard InChI is InChI=1S/C21H18FNO5S/c22-15-8-4-7-14(11-15)18-17(19(24)13-5-2-1-3-6-13)20(25)21(26)23(18)16-9-10-29(27,28)12-16/h1-8,11,16,18,24H,9-10,12H2/t16-,18-/m0/s1. The van der Waals surface area contributed by atoms with Crippen LogP contribution >= 0.6 is 0 Å². The molecule has 1 amide bonds. The monoisotopic (exact) mass is 415 g/mol. The number of carbonyl (C=O) groups is 2. The molecule has 150 valence electrons. The van der Waals surface area contributed by atoms with Crippen molar-refractivity contribution < 1.29 is 27.5 Å². The van der Waals surface area contributed by atoms with E-state index in [-0.39, 0.29) is 29.3 Å². The highest BCUT2D eigenvalue weighted by Gasteiger charge is 2.50. The number of rotatable bonds is 3. The number of likely N-dealkylation sites (tertiary alicyclic amines) is 1. The lowest BCUT2D eigenvalue weighted by Crippen LogP contribution is -2.40. The molecule has 2 atom stereocenters. The van der Waals surface area contributed by atoms with Gasteiger partial charge in [-0.25, -0.2) is 12.8 Å². The lowest BCUT2D eigenvalue weighted by atomic mass is 9.94. The number of amides is 1. The molecule has 2 aromatic carbocycles. The number of hydrogen-bond donors (Lipinski definition) is 1. The summed E-state index contributed by atoms with van der Waals surface area (Å²) in [4.78, 5) is 26.9. The number of halogens is 1. The number of aliphatic hydroxyl groups is 1. The maximum Gasteiger partial charge on any atom is 0.295 e. The van der Waals surface area contributed by atoms with E-state index in [1.54, 1.807) is 36.4 Å². The number of sulfone groups is 1. The Bertz CT molecular complexity index is 1130. The molecule has 2 fully saturated rings. The molecular weight excluding hydrogens is 397 g/mol. The minimum atomic E-state index is -3.34. The number of aliphatic hydroxyl groups excluding tert-OH is 1. The minimum absolute atomic E-state index is 0.0881. The van der Waals surface area contributed by atoms with Crippen molar-refractivity contribution in [3.05, 3.63) is 77.1 Å². The van der Waals surface area contributed by atoms with Gasteiger partial charge in [-0.05, 0) is 24.1 Å². The summed E-state index contributed by atoms with van der Waals surface area (Å²) in [5, 5.41) is 10.8. The predicted molar refractivity (Wildman–Crippen MR) is 104 cm³/mol. The zero-order valence-electron chi connectivity index (χ0n) is 15.3.